The normalized spacial score (nSPS) is 10.8. The highest BCUT2D eigenvalue weighted by molar-refractivity contribution is 5.58. The highest BCUT2D eigenvalue weighted by Gasteiger charge is 2.16. The third-order valence-electron chi connectivity index (χ3n) is 2.86. The number of nitrogens with zero attached hydrogens (tertiary/aromatic N) is 3. The van der Waals surface area contributed by atoms with Crippen molar-refractivity contribution in [2.45, 2.75) is 47.1 Å². The molecule has 0 unspecified atom stereocenters. The fraction of sp³-hybridized carbons (Fsp3) is 0.667. The summed E-state index contributed by atoms with van der Waals surface area (Å²) in [5.41, 5.74) is 3.65. The first kappa shape index (κ1) is 13.7. The number of hydrogen-bond acceptors (Lipinski definition) is 5. The molecule has 3 N–H and O–H groups in total. The van der Waals surface area contributed by atoms with Gasteiger partial charge in [0.25, 0.3) is 0 Å². The third-order valence-corrected chi connectivity index (χ3v) is 2.86. The molecule has 96 valence electrons. The summed E-state index contributed by atoms with van der Waals surface area (Å²) in [6.45, 7) is 11.4. The molecule has 0 spiro atoms. The number of hydrogen-bond donors (Lipinski definition) is 2. The second-order valence-corrected chi connectivity index (χ2v) is 4.31. The molecule has 0 aliphatic rings. The van der Waals surface area contributed by atoms with E-state index in [0.29, 0.717) is 11.9 Å². The third kappa shape index (κ3) is 2.85. The highest BCUT2D eigenvalue weighted by atomic mass is 15.3. The fourth-order valence-electron chi connectivity index (χ4n) is 1.89. The number of nitrogens with one attached hydrogen (secondary N) is 1. The minimum absolute atomic E-state index is 0.406. The van der Waals surface area contributed by atoms with Gasteiger partial charge < -0.3 is 10.3 Å². The minimum atomic E-state index is 0.406. The summed E-state index contributed by atoms with van der Waals surface area (Å²) in [6.07, 6.45) is 0.803. The molecule has 0 atom stereocenters. The monoisotopic (exact) mass is 237 g/mol. The molecule has 1 rings (SSSR count). The SMILES string of the molecule is CCc1nc(NN)c(C)c(N(CC)C(C)C)n1. The number of rotatable bonds is 5. The number of aryl methyl sites for hydroxylation is 1. The van der Waals surface area contributed by atoms with Crippen molar-refractivity contribution in [3.63, 3.8) is 0 Å². The maximum atomic E-state index is 5.50. The van der Waals surface area contributed by atoms with Crippen LogP contribution in [0.15, 0.2) is 0 Å². The van der Waals surface area contributed by atoms with Gasteiger partial charge in [0.1, 0.15) is 17.5 Å². The van der Waals surface area contributed by atoms with Crippen molar-refractivity contribution in [1.82, 2.24) is 9.97 Å². The molecular weight excluding hydrogens is 214 g/mol. The van der Waals surface area contributed by atoms with Crippen LogP contribution in [0.5, 0.6) is 0 Å². The molecule has 0 amide bonds. The van der Waals surface area contributed by atoms with Crippen molar-refractivity contribution in [2.24, 2.45) is 5.84 Å². The number of nitrogens with two attached hydrogens (primary N) is 1. The molecule has 0 saturated carbocycles. The predicted molar refractivity (Wildman–Crippen MR) is 72.1 cm³/mol. The van der Waals surface area contributed by atoms with E-state index >= 15 is 0 Å². The Morgan fingerprint density at radius 2 is 1.94 bits per heavy atom. The lowest BCUT2D eigenvalue weighted by molar-refractivity contribution is 0.685. The first-order valence-electron chi connectivity index (χ1n) is 6.15. The summed E-state index contributed by atoms with van der Waals surface area (Å²) in [7, 11) is 0. The second kappa shape index (κ2) is 5.82. The molecule has 5 nitrogen and oxygen atoms in total. The Kier molecular flexibility index (Phi) is 4.69. The van der Waals surface area contributed by atoms with Gasteiger partial charge in [0, 0.05) is 24.6 Å². The van der Waals surface area contributed by atoms with E-state index in [4.69, 9.17) is 5.84 Å². The van der Waals surface area contributed by atoms with Crippen molar-refractivity contribution in [3.8, 4) is 0 Å². The number of nitrogen functional groups attached to an aromatic ring is 1. The fourth-order valence-corrected chi connectivity index (χ4v) is 1.89. The lowest BCUT2D eigenvalue weighted by Gasteiger charge is -2.28. The topological polar surface area (TPSA) is 67.1 Å². The van der Waals surface area contributed by atoms with Gasteiger partial charge in [0.15, 0.2) is 0 Å². The Hall–Kier alpha value is -1.36. The number of hydrazine groups is 1. The van der Waals surface area contributed by atoms with E-state index in [0.717, 1.165) is 30.2 Å². The average Bonchev–Trinajstić information content (AvgIpc) is 2.31. The van der Waals surface area contributed by atoms with Gasteiger partial charge in [-0.1, -0.05) is 6.92 Å². The summed E-state index contributed by atoms with van der Waals surface area (Å²) in [4.78, 5) is 11.2. The van der Waals surface area contributed by atoms with E-state index in [1.807, 2.05) is 13.8 Å². The van der Waals surface area contributed by atoms with Crippen LogP contribution in [0.4, 0.5) is 11.6 Å². The maximum absolute atomic E-state index is 5.50. The van der Waals surface area contributed by atoms with Crippen LogP contribution in [0.1, 0.15) is 39.1 Å². The van der Waals surface area contributed by atoms with Gasteiger partial charge in [0.05, 0.1) is 0 Å². The number of anilines is 2. The molecule has 0 aliphatic heterocycles. The molecular formula is C12H23N5. The summed E-state index contributed by atoms with van der Waals surface area (Å²) >= 11 is 0. The largest absolute Gasteiger partial charge is 0.354 e. The zero-order valence-electron chi connectivity index (χ0n) is 11.4. The first-order chi connectivity index (χ1) is 8.04. The van der Waals surface area contributed by atoms with Crippen molar-refractivity contribution in [3.05, 3.63) is 11.4 Å². The molecule has 5 heteroatoms. The van der Waals surface area contributed by atoms with E-state index in [9.17, 15) is 0 Å². The van der Waals surface area contributed by atoms with Crippen LogP contribution in [0.2, 0.25) is 0 Å². The van der Waals surface area contributed by atoms with E-state index in [-0.39, 0.29) is 0 Å². The maximum Gasteiger partial charge on any atom is 0.148 e. The summed E-state index contributed by atoms with van der Waals surface area (Å²) < 4.78 is 0. The molecule has 0 radical (unpaired) electrons. The van der Waals surface area contributed by atoms with Crippen LogP contribution < -0.4 is 16.2 Å². The van der Waals surface area contributed by atoms with Crippen molar-refractivity contribution in [2.75, 3.05) is 16.9 Å². The lowest BCUT2D eigenvalue weighted by atomic mass is 10.2. The van der Waals surface area contributed by atoms with Crippen LogP contribution in [-0.2, 0) is 6.42 Å². The van der Waals surface area contributed by atoms with Crippen LogP contribution in [0.3, 0.4) is 0 Å². The van der Waals surface area contributed by atoms with Gasteiger partial charge in [-0.05, 0) is 27.7 Å². The first-order valence-corrected chi connectivity index (χ1v) is 6.15. The van der Waals surface area contributed by atoms with E-state index in [1.54, 1.807) is 0 Å². The molecule has 0 bridgehead atoms. The lowest BCUT2D eigenvalue weighted by Crippen LogP contribution is -2.32. The van der Waals surface area contributed by atoms with E-state index in [2.05, 4.69) is 41.1 Å². The molecule has 0 saturated heterocycles. The van der Waals surface area contributed by atoms with Crippen molar-refractivity contribution in [1.29, 1.82) is 0 Å². The Morgan fingerprint density at radius 1 is 1.29 bits per heavy atom. The van der Waals surface area contributed by atoms with Gasteiger partial charge in [-0.15, -0.1) is 0 Å². The van der Waals surface area contributed by atoms with Gasteiger partial charge in [-0.3, -0.25) is 0 Å². The van der Waals surface area contributed by atoms with Crippen LogP contribution in [0, 0.1) is 6.92 Å². The number of aromatic nitrogens is 2. The van der Waals surface area contributed by atoms with Gasteiger partial charge >= 0.3 is 0 Å². The second-order valence-electron chi connectivity index (χ2n) is 4.31. The smallest absolute Gasteiger partial charge is 0.148 e. The Bertz CT molecular complexity index is 375. The van der Waals surface area contributed by atoms with Gasteiger partial charge in [0.2, 0.25) is 0 Å². The molecule has 0 fully saturated rings. The van der Waals surface area contributed by atoms with Crippen molar-refractivity contribution < 1.29 is 0 Å². The summed E-state index contributed by atoms with van der Waals surface area (Å²) in [5, 5.41) is 0. The van der Waals surface area contributed by atoms with Crippen LogP contribution in [0.25, 0.3) is 0 Å². The van der Waals surface area contributed by atoms with Crippen LogP contribution in [-0.4, -0.2) is 22.6 Å². The molecule has 1 aromatic rings. The quantitative estimate of drug-likeness (QED) is 0.604. The molecule has 0 aromatic carbocycles. The Morgan fingerprint density at radius 3 is 2.35 bits per heavy atom. The van der Waals surface area contributed by atoms with E-state index < -0.39 is 0 Å². The van der Waals surface area contributed by atoms with Gasteiger partial charge in [-0.2, -0.15) is 0 Å². The zero-order chi connectivity index (χ0) is 13.0. The molecule has 1 heterocycles. The Balaban J connectivity index is 3.29. The molecule has 17 heavy (non-hydrogen) atoms. The van der Waals surface area contributed by atoms with Gasteiger partial charge in [-0.25, -0.2) is 15.8 Å². The van der Waals surface area contributed by atoms with Crippen LogP contribution >= 0.6 is 0 Å². The minimum Gasteiger partial charge on any atom is -0.354 e. The standard InChI is InChI=1S/C12H23N5/c1-6-10-14-11(16-13)9(5)12(15-10)17(7-2)8(3)4/h8H,6-7,13H2,1-5H3,(H,14,15,16). The predicted octanol–water partition coefficient (Wildman–Crippen LogP) is 1.87. The molecule has 1 aromatic heterocycles. The highest BCUT2D eigenvalue weighted by Crippen LogP contribution is 2.24. The average molecular weight is 237 g/mol. The Labute approximate surface area is 103 Å². The van der Waals surface area contributed by atoms with E-state index in [1.165, 1.54) is 0 Å². The summed E-state index contributed by atoms with van der Waals surface area (Å²) in [5.74, 6) is 8.01. The van der Waals surface area contributed by atoms with Crippen molar-refractivity contribution >= 4 is 11.6 Å². The molecule has 0 aliphatic carbocycles. The summed E-state index contributed by atoms with van der Waals surface area (Å²) in [6, 6.07) is 0.406. The zero-order valence-corrected chi connectivity index (χ0v) is 11.4.